The summed E-state index contributed by atoms with van der Waals surface area (Å²) in [6, 6.07) is 13.9. The summed E-state index contributed by atoms with van der Waals surface area (Å²) in [7, 11) is 0. The molecule has 3 aromatic rings. The molecular weight excluding hydrogens is 403 g/mol. The second-order valence-electron chi connectivity index (χ2n) is 8.62. The molecule has 2 fully saturated rings. The van der Waals surface area contributed by atoms with Crippen LogP contribution in [0, 0.1) is 12.8 Å². The van der Waals surface area contributed by atoms with Gasteiger partial charge in [0.15, 0.2) is 5.82 Å². The van der Waals surface area contributed by atoms with E-state index in [0.29, 0.717) is 24.1 Å². The molecule has 2 saturated carbocycles. The van der Waals surface area contributed by atoms with Gasteiger partial charge in [-0.2, -0.15) is 17.9 Å². The van der Waals surface area contributed by atoms with Crippen molar-refractivity contribution in [1.82, 2.24) is 25.1 Å². The number of aromatic nitrogens is 4. The lowest BCUT2D eigenvalue weighted by atomic mass is 10.1. The van der Waals surface area contributed by atoms with Crippen LogP contribution in [0.5, 0.6) is 0 Å². The Morgan fingerprint density at radius 1 is 1.06 bits per heavy atom. The molecule has 1 atom stereocenters. The predicted octanol–water partition coefficient (Wildman–Crippen LogP) is 5.11. The lowest BCUT2D eigenvalue weighted by molar-refractivity contribution is -0.137. The minimum Gasteiger partial charge on any atom is -0.286 e. The average molecular weight is 427 g/mol. The summed E-state index contributed by atoms with van der Waals surface area (Å²) in [5, 5.41) is 12.7. The lowest BCUT2D eigenvalue weighted by Gasteiger charge is -2.31. The van der Waals surface area contributed by atoms with Crippen molar-refractivity contribution in [3.63, 3.8) is 0 Å². The first-order chi connectivity index (χ1) is 14.9. The third kappa shape index (κ3) is 4.21. The molecule has 0 N–H and O–H groups in total. The Bertz CT molecular complexity index is 1070. The Kier molecular flexibility index (Phi) is 5.04. The van der Waals surface area contributed by atoms with Crippen molar-refractivity contribution in [2.75, 3.05) is 0 Å². The molecule has 0 amide bonds. The van der Waals surface area contributed by atoms with Gasteiger partial charge in [-0.3, -0.25) is 4.90 Å². The van der Waals surface area contributed by atoms with Gasteiger partial charge in [-0.25, -0.2) is 0 Å². The van der Waals surface area contributed by atoms with Crippen molar-refractivity contribution in [2.45, 2.75) is 57.4 Å². The Morgan fingerprint density at radius 3 is 2.52 bits per heavy atom. The molecule has 162 valence electrons. The largest absolute Gasteiger partial charge is 0.416 e. The van der Waals surface area contributed by atoms with Gasteiger partial charge in [-0.15, -0.1) is 5.10 Å². The molecule has 2 aliphatic carbocycles. The fourth-order valence-corrected chi connectivity index (χ4v) is 4.31. The van der Waals surface area contributed by atoms with E-state index in [1.165, 1.54) is 12.1 Å². The van der Waals surface area contributed by atoms with Crippen LogP contribution in [0.2, 0.25) is 0 Å². The predicted molar refractivity (Wildman–Crippen MR) is 109 cm³/mol. The maximum Gasteiger partial charge on any atom is 0.416 e. The number of rotatable bonds is 7. The number of nitrogens with zero attached hydrogens (tertiary/aromatic N) is 5. The molecular formula is C23H24F3N5. The summed E-state index contributed by atoms with van der Waals surface area (Å²) < 4.78 is 41.5. The third-order valence-corrected chi connectivity index (χ3v) is 6.16. The van der Waals surface area contributed by atoms with Gasteiger partial charge in [0.2, 0.25) is 0 Å². The second kappa shape index (κ2) is 7.75. The SMILES string of the molecule is Cc1ccccc1-n1nnnc1C(C1CC1)N(Cc1cccc(C(F)(F)F)c1)C1CC1. The summed E-state index contributed by atoms with van der Waals surface area (Å²) >= 11 is 0. The highest BCUT2D eigenvalue weighted by Crippen LogP contribution is 2.48. The molecule has 1 unspecified atom stereocenters. The van der Waals surface area contributed by atoms with Gasteiger partial charge in [-0.05, 0) is 72.2 Å². The van der Waals surface area contributed by atoms with E-state index in [2.05, 4.69) is 20.4 Å². The van der Waals surface area contributed by atoms with Crippen LogP contribution in [0.4, 0.5) is 13.2 Å². The summed E-state index contributed by atoms with van der Waals surface area (Å²) in [5.74, 6) is 1.19. The van der Waals surface area contributed by atoms with Crippen LogP contribution in [0.15, 0.2) is 48.5 Å². The van der Waals surface area contributed by atoms with Crippen molar-refractivity contribution in [3.05, 3.63) is 71.0 Å². The molecule has 0 aliphatic heterocycles. The number of aryl methyl sites for hydroxylation is 1. The summed E-state index contributed by atoms with van der Waals surface area (Å²) in [6.07, 6.45) is -0.0817. The number of hydrogen-bond acceptors (Lipinski definition) is 4. The molecule has 31 heavy (non-hydrogen) atoms. The van der Waals surface area contributed by atoms with E-state index < -0.39 is 11.7 Å². The minimum absolute atomic E-state index is 0.0170. The zero-order valence-corrected chi connectivity index (χ0v) is 17.3. The lowest BCUT2D eigenvalue weighted by Crippen LogP contribution is -2.34. The molecule has 2 aliphatic rings. The minimum atomic E-state index is -4.34. The van der Waals surface area contributed by atoms with Crippen LogP contribution in [-0.2, 0) is 12.7 Å². The van der Waals surface area contributed by atoms with Crippen LogP contribution in [0.1, 0.15) is 54.2 Å². The molecule has 0 bridgehead atoms. The van der Waals surface area contributed by atoms with E-state index in [4.69, 9.17) is 0 Å². The van der Waals surface area contributed by atoms with Crippen LogP contribution in [0.25, 0.3) is 5.69 Å². The van der Waals surface area contributed by atoms with Crippen LogP contribution in [0.3, 0.4) is 0 Å². The molecule has 5 rings (SSSR count). The van der Waals surface area contributed by atoms with E-state index in [1.807, 2.05) is 31.2 Å². The van der Waals surface area contributed by atoms with Gasteiger partial charge in [0.05, 0.1) is 17.3 Å². The fraction of sp³-hybridized carbons (Fsp3) is 0.435. The molecule has 0 saturated heterocycles. The van der Waals surface area contributed by atoms with Crippen molar-refractivity contribution < 1.29 is 13.2 Å². The molecule has 1 aromatic heterocycles. The summed E-state index contributed by atoms with van der Waals surface area (Å²) in [4.78, 5) is 2.33. The van der Waals surface area contributed by atoms with E-state index in [1.54, 1.807) is 10.7 Å². The van der Waals surface area contributed by atoms with Crippen molar-refractivity contribution in [3.8, 4) is 5.69 Å². The first-order valence-electron chi connectivity index (χ1n) is 10.7. The number of benzene rings is 2. The van der Waals surface area contributed by atoms with Crippen molar-refractivity contribution in [2.24, 2.45) is 5.92 Å². The first kappa shape index (κ1) is 20.2. The van der Waals surface area contributed by atoms with E-state index in [9.17, 15) is 13.2 Å². The monoisotopic (exact) mass is 427 g/mol. The summed E-state index contributed by atoms with van der Waals surface area (Å²) in [5.41, 5.74) is 2.07. The number of hydrogen-bond donors (Lipinski definition) is 0. The zero-order valence-electron chi connectivity index (χ0n) is 17.3. The van der Waals surface area contributed by atoms with Crippen LogP contribution < -0.4 is 0 Å². The van der Waals surface area contributed by atoms with Crippen LogP contribution >= 0.6 is 0 Å². The first-order valence-corrected chi connectivity index (χ1v) is 10.7. The number of alkyl halides is 3. The molecule has 0 spiro atoms. The number of para-hydroxylation sites is 1. The third-order valence-electron chi connectivity index (χ3n) is 6.16. The van der Waals surface area contributed by atoms with Gasteiger partial charge >= 0.3 is 6.18 Å². The number of halogens is 3. The quantitative estimate of drug-likeness (QED) is 0.526. The maximum absolute atomic E-state index is 13.2. The molecule has 1 heterocycles. The van der Waals surface area contributed by atoms with Gasteiger partial charge in [0, 0.05) is 12.6 Å². The Balaban J connectivity index is 1.51. The van der Waals surface area contributed by atoms with E-state index in [-0.39, 0.29) is 6.04 Å². The van der Waals surface area contributed by atoms with Crippen LogP contribution in [-0.4, -0.2) is 31.1 Å². The highest BCUT2D eigenvalue weighted by Gasteiger charge is 2.45. The zero-order chi connectivity index (χ0) is 21.6. The highest BCUT2D eigenvalue weighted by atomic mass is 19.4. The maximum atomic E-state index is 13.2. The smallest absolute Gasteiger partial charge is 0.286 e. The molecule has 0 radical (unpaired) electrons. The van der Waals surface area contributed by atoms with Crippen molar-refractivity contribution >= 4 is 0 Å². The van der Waals surface area contributed by atoms with Gasteiger partial charge in [-0.1, -0.05) is 36.4 Å². The highest BCUT2D eigenvalue weighted by molar-refractivity contribution is 5.40. The number of tetrazole rings is 1. The normalized spacial score (nSPS) is 17.8. The molecule has 8 heteroatoms. The topological polar surface area (TPSA) is 46.8 Å². The van der Waals surface area contributed by atoms with E-state index in [0.717, 1.165) is 48.8 Å². The standard InChI is InChI=1S/C23H24F3N5/c1-15-5-2-3-8-20(15)31-22(27-28-29-31)21(17-9-10-17)30(19-11-12-19)14-16-6-4-7-18(13-16)23(24,25)26/h2-8,13,17,19,21H,9-12,14H2,1H3. The Morgan fingerprint density at radius 2 is 1.84 bits per heavy atom. The van der Waals surface area contributed by atoms with E-state index >= 15 is 0 Å². The fourth-order valence-electron chi connectivity index (χ4n) is 4.31. The second-order valence-corrected chi connectivity index (χ2v) is 8.62. The molecule has 5 nitrogen and oxygen atoms in total. The van der Waals surface area contributed by atoms with Gasteiger partial charge in [0.1, 0.15) is 0 Å². The van der Waals surface area contributed by atoms with Gasteiger partial charge in [0.25, 0.3) is 0 Å². The molecule has 2 aromatic carbocycles. The van der Waals surface area contributed by atoms with Crippen molar-refractivity contribution in [1.29, 1.82) is 0 Å². The van der Waals surface area contributed by atoms with Gasteiger partial charge < -0.3 is 0 Å². The Labute approximate surface area is 178 Å². The Hall–Kier alpha value is -2.74. The summed E-state index contributed by atoms with van der Waals surface area (Å²) in [6.45, 7) is 2.48. The average Bonchev–Trinajstić information content (AvgIpc) is 3.66.